The third kappa shape index (κ3) is 1.70. The Labute approximate surface area is 111 Å². The first-order valence-corrected chi connectivity index (χ1v) is 7.39. The molecule has 0 radical (unpaired) electrons. The Morgan fingerprint density at radius 1 is 1.17 bits per heavy atom. The lowest BCUT2D eigenvalue weighted by molar-refractivity contribution is 0.0995. The third-order valence-corrected chi connectivity index (χ3v) is 4.19. The van der Waals surface area contributed by atoms with Crippen LogP contribution in [-0.2, 0) is 0 Å². The summed E-state index contributed by atoms with van der Waals surface area (Å²) in [5.74, 6) is 2.24. The van der Waals surface area contributed by atoms with Crippen LogP contribution in [0, 0.1) is 0 Å². The van der Waals surface area contributed by atoms with E-state index < -0.39 is 0 Å². The topological polar surface area (TPSA) is 20.3 Å². The average molecular weight is 257 g/mol. The highest BCUT2D eigenvalue weighted by molar-refractivity contribution is 7.99. The van der Waals surface area contributed by atoms with Gasteiger partial charge in [0.2, 0.25) is 0 Å². The lowest BCUT2D eigenvalue weighted by Gasteiger charge is -2.17. The van der Waals surface area contributed by atoms with Crippen molar-refractivity contribution in [2.45, 2.75) is 6.92 Å². The van der Waals surface area contributed by atoms with Crippen LogP contribution in [0.2, 0.25) is 0 Å². The first kappa shape index (κ1) is 11.6. The van der Waals surface area contributed by atoms with Gasteiger partial charge in [0, 0.05) is 23.2 Å². The first-order chi connectivity index (χ1) is 8.83. The summed E-state index contributed by atoms with van der Waals surface area (Å²) < 4.78 is 0. The number of anilines is 1. The van der Waals surface area contributed by atoms with E-state index in [1.807, 2.05) is 40.9 Å². The maximum Gasteiger partial charge on any atom is 0.259 e. The fourth-order valence-electron chi connectivity index (χ4n) is 2.50. The summed E-state index contributed by atoms with van der Waals surface area (Å²) in [5, 5.41) is 2.27. The van der Waals surface area contributed by atoms with E-state index in [1.165, 1.54) is 0 Å². The highest BCUT2D eigenvalue weighted by atomic mass is 32.2. The minimum atomic E-state index is 0.151. The highest BCUT2D eigenvalue weighted by Gasteiger charge is 2.28. The van der Waals surface area contributed by atoms with Crippen molar-refractivity contribution < 1.29 is 4.79 Å². The van der Waals surface area contributed by atoms with Gasteiger partial charge in [0.05, 0.1) is 5.69 Å². The number of rotatable bonds is 4. The smallest absolute Gasteiger partial charge is 0.259 e. The summed E-state index contributed by atoms with van der Waals surface area (Å²) >= 11 is 1.87. The molecule has 0 spiro atoms. The molecule has 3 heteroatoms. The molecule has 0 bridgehead atoms. The van der Waals surface area contributed by atoms with Gasteiger partial charge >= 0.3 is 0 Å². The second-order valence-electron chi connectivity index (χ2n) is 4.33. The molecule has 0 aromatic heterocycles. The van der Waals surface area contributed by atoms with Crippen molar-refractivity contribution >= 4 is 34.1 Å². The zero-order chi connectivity index (χ0) is 12.5. The van der Waals surface area contributed by atoms with E-state index >= 15 is 0 Å². The Morgan fingerprint density at radius 3 is 2.72 bits per heavy atom. The van der Waals surface area contributed by atoms with Gasteiger partial charge in [0.1, 0.15) is 0 Å². The van der Waals surface area contributed by atoms with E-state index in [1.54, 1.807) is 0 Å². The average Bonchev–Trinajstić information content (AvgIpc) is 2.67. The molecule has 0 aliphatic carbocycles. The van der Waals surface area contributed by atoms with Crippen LogP contribution in [0.4, 0.5) is 5.69 Å². The number of hydrogen-bond donors (Lipinski definition) is 0. The molecule has 0 N–H and O–H groups in total. The number of thioether (sulfide) groups is 1. The van der Waals surface area contributed by atoms with Crippen LogP contribution in [0.15, 0.2) is 36.4 Å². The highest BCUT2D eigenvalue weighted by Crippen LogP contribution is 2.36. The third-order valence-electron chi connectivity index (χ3n) is 3.31. The number of amides is 1. The van der Waals surface area contributed by atoms with E-state index in [-0.39, 0.29) is 5.91 Å². The minimum Gasteiger partial charge on any atom is -0.307 e. The van der Waals surface area contributed by atoms with Crippen molar-refractivity contribution in [1.29, 1.82) is 0 Å². The molecule has 2 aromatic rings. The summed E-state index contributed by atoms with van der Waals surface area (Å²) in [6.45, 7) is 2.94. The van der Waals surface area contributed by atoms with Gasteiger partial charge in [0.15, 0.2) is 0 Å². The van der Waals surface area contributed by atoms with Gasteiger partial charge in [-0.05, 0) is 23.3 Å². The van der Waals surface area contributed by atoms with Gasteiger partial charge in [-0.15, -0.1) is 0 Å². The summed E-state index contributed by atoms with van der Waals surface area (Å²) in [6.07, 6.45) is 0. The maximum absolute atomic E-state index is 12.4. The van der Waals surface area contributed by atoms with Crippen molar-refractivity contribution in [3.8, 4) is 0 Å². The van der Waals surface area contributed by atoms with Crippen LogP contribution < -0.4 is 4.90 Å². The molecule has 0 unspecified atom stereocenters. The van der Waals surface area contributed by atoms with E-state index in [4.69, 9.17) is 0 Å². The summed E-state index contributed by atoms with van der Waals surface area (Å²) in [6, 6.07) is 12.1. The van der Waals surface area contributed by atoms with Crippen LogP contribution in [0.25, 0.3) is 10.8 Å². The molecule has 0 saturated carbocycles. The van der Waals surface area contributed by atoms with Crippen LogP contribution in [0.3, 0.4) is 0 Å². The van der Waals surface area contributed by atoms with Crippen LogP contribution in [0.1, 0.15) is 17.3 Å². The molecule has 1 aliphatic heterocycles. The number of nitrogens with zero attached hydrogens (tertiary/aromatic N) is 1. The van der Waals surface area contributed by atoms with E-state index in [9.17, 15) is 4.79 Å². The minimum absolute atomic E-state index is 0.151. The molecule has 0 atom stereocenters. The van der Waals surface area contributed by atoms with Gasteiger partial charge in [-0.3, -0.25) is 4.79 Å². The standard InChI is InChI=1S/C15H15NOS/c1-2-18-10-9-16-13-8-4-6-11-5-3-7-12(14(11)13)15(16)17/h3-8H,2,9-10H2,1H3. The van der Waals surface area contributed by atoms with Crippen LogP contribution >= 0.6 is 11.8 Å². The van der Waals surface area contributed by atoms with Crippen LogP contribution in [-0.4, -0.2) is 24.0 Å². The predicted octanol–water partition coefficient (Wildman–Crippen LogP) is 3.55. The first-order valence-electron chi connectivity index (χ1n) is 6.24. The van der Waals surface area contributed by atoms with Crippen molar-refractivity contribution in [2.24, 2.45) is 0 Å². The number of carbonyl (C=O) groups is 1. The number of benzene rings is 2. The summed E-state index contributed by atoms with van der Waals surface area (Å²) in [5.41, 5.74) is 1.93. The van der Waals surface area contributed by atoms with Gasteiger partial charge in [0.25, 0.3) is 5.91 Å². The molecule has 3 rings (SSSR count). The van der Waals surface area contributed by atoms with Crippen LogP contribution in [0.5, 0.6) is 0 Å². The molecule has 2 aromatic carbocycles. The quantitative estimate of drug-likeness (QED) is 0.781. The van der Waals surface area contributed by atoms with Crippen molar-refractivity contribution in [3.05, 3.63) is 42.0 Å². The zero-order valence-corrected chi connectivity index (χ0v) is 11.2. The molecule has 1 amide bonds. The predicted molar refractivity (Wildman–Crippen MR) is 78.6 cm³/mol. The largest absolute Gasteiger partial charge is 0.307 e. The fraction of sp³-hybridized carbons (Fsp3) is 0.267. The van der Waals surface area contributed by atoms with Crippen molar-refractivity contribution in [1.82, 2.24) is 0 Å². The van der Waals surface area contributed by atoms with Gasteiger partial charge in [-0.1, -0.05) is 31.2 Å². The Hall–Kier alpha value is -1.48. The Kier molecular flexibility index (Phi) is 3.00. The Bertz CT molecular complexity index is 603. The monoisotopic (exact) mass is 257 g/mol. The van der Waals surface area contributed by atoms with E-state index in [0.717, 1.165) is 40.1 Å². The molecular formula is C15H15NOS. The number of hydrogen-bond acceptors (Lipinski definition) is 2. The summed E-state index contributed by atoms with van der Waals surface area (Å²) in [4.78, 5) is 14.3. The normalized spacial score (nSPS) is 13.6. The molecule has 0 saturated heterocycles. The second kappa shape index (κ2) is 4.65. The van der Waals surface area contributed by atoms with E-state index in [2.05, 4.69) is 19.1 Å². The Balaban J connectivity index is 2.03. The number of carbonyl (C=O) groups excluding carboxylic acids is 1. The molecule has 1 aliphatic rings. The maximum atomic E-state index is 12.4. The lowest BCUT2D eigenvalue weighted by atomic mass is 10.1. The SMILES string of the molecule is CCSCCN1C(=O)c2cccc3cccc1c23. The van der Waals surface area contributed by atoms with E-state index in [0.29, 0.717) is 0 Å². The Morgan fingerprint density at radius 2 is 1.94 bits per heavy atom. The van der Waals surface area contributed by atoms with Gasteiger partial charge in [-0.25, -0.2) is 0 Å². The lowest BCUT2D eigenvalue weighted by Crippen LogP contribution is -2.29. The molecule has 92 valence electrons. The fourth-order valence-corrected chi connectivity index (χ4v) is 3.10. The second-order valence-corrected chi connectivity index (χ2v) is 5.73. The van der Waals surface area contributed by atoms with Crippen molar-refractivity contribution in [2.75, 3.05) is 23.0 Å². The molecule has 18 heavy (non-hydrogen) atoms. The zero-order valence-electron chi connectivity index (χ0n) is 10.3. The summed E-state index contributed by atoms with van der Waals surface area (Å²) in [7, 11) is 0. The van der Waals surface area contributed by atoms with Gasteiger partial charge < -0.3 is 4.90 Å². The molecule has 2 nitrogen and oxygen atoms in total. The molecular weight excluding hydrogens is 242 g/mol. The van der Waals surface area contributed by atoms with Crippen molar-refractivity contribution in [3.63, 3.8) is 0 Å². The molecule has 1 heterocycles. The molecule has 0 fully saturated rings. The van der Waals surface area contributed by atoms with Gasteiger partial charge in [-0.2, -0.15) is 11.8 Å².